The quantitative estimate of drug-likeness (QED) is 0.672. The molecule has 0 saturated heterocycles. The molecule has 1 heterocycles. The third-order valence-electron chi connectivity index (χ3n) is 2.85. The number of Topliss-reactive ketones (excluding diaryl/α,β-unsaturated/α-hetero) is 1. The van der Waals surface area contributed by atoms with Crippen molar-refractivity contribution in [2.75, 3.05) is 0 Å². The molecule has 0 aromatic carbocycles. The van der Waals surface area contributed by atoms with E-state index in [1.807, 2.05) is 6.92 Å². The van der Waals surface area contributed by atoms with Crippen LogP contribution in [-0.4, -0.2) is 15.8 Å². The van der Waals surface area contributed by atoms with Gasteiger partial charge in [0.15, 0.2) is 5.78 Å². The Balaban J connectivity index is 2.30. The van der Waals surface area contributed by atoms with Crippen LogP contribution in [0.3, 0.4) is 0 Å². The standard InChI is InChI=1S/C11H14N2O/c1-7-10(8(2)14)6-12-11(13-7)9-4-3-5-9/h6,9H,3-5H2,1-2H3. The Labute approximate surface area is 83.6 Å². The van der Waals surface area contributed by atoms with Crippen LogP contribution >= 0.6 is 0 Å². The molecule has 0 aliphatic heterocycles. The van der Waals surface area contributed by atoms with Gasteiger partial charge in [0.1, 0.15) is 5.82 Å². The summed E-state index contributed by atoms with van der Waals surface area (Å²) in [6.45, 7) is 3.43. The second-order valence-corrected chi connectivity index (χ2v) is 3.91. The summed E-state index contributed by atoms with van der Waals surface area (Å²) < 4.78 is 0. The molecule has 0 spiro atoms. The molecule has 74 valence electrons. The molecule has 0 amide bonds. The van der Waals surface area contributed by atoms with Crippen LogP contribution in [0.15, 0.2) is 6.20 Å². The molecule has 2 rings (SSSR count). The lowest BCUT2D eigenvalue weighted by molar-refractivity contribution is 0.101. The summed E-state index contributed by atoms with van der Waals surface area (Å²) in [4.78, 5) is 19.8. The predicted octanol–water partition coefficient (Wildman–Crippen LogP) is 2.26. The third-order valence-corrected chi connectivity index (χ3v) is 2.85. The predicted molar refractivity (Wildman–Crippen MR) is 53.4 cm³/mol. The van der Waals surface area contributed by atoms with Crippen molar-refractivity contribution < 1.29 is 4.79 Å². The number of aryl methyl sites for hydroxylation is 1. The van der Waals surface area contributed by atoms with Gasteiger partial charge in [-0.15, -0.1) is 0 Å². The Morgan fingerprint density at radius 3 is 2.64 bits per heavy atom. The monoisotopic (exact) mass is 190 g/mol. The molecule has 0 radical (unpaired) electrons. The van der Waals surface area contributed by atoms with Crippen molar-refractivity contribution in [2.24, 2.45) is 0 Å². The lowest BCUT2D eigenvalue weighted by Gasteiger charge is -2.23. The Morgan fingerprint density at radius 1 is 1.50 bits per heavy atom. The van der Waals surface area contributed by atoms with Crippen LogP contribution in [0.2, 0.25) is 0 Å². The molecular formula is C11H14N2O. The average molecular weight is 190 g/mol. The first kappa shape index (κ1) is 9.31. The van der Waals surface area contributed by atoms with Gasteiger partial charge in [-0.25, -0.2) is 9.97 Å². The van der Waals surface area contributed by atoms with Gasteiger partial charge in [-0.2, -0.15) is 0 Å². The number of rotatable bonds is 2. The highest BCUT2D eigenvalue weighted by Crippen LogP contribution is 2.34. The van der Waals surface area contributed by atoms with Crippen molar-refractivity contribution in [3.8, 4) is 0 Å². The van der Waals surface area contributed by atoms with E-state index in [-0.39, 0.29) is 5.78 Å². The van der Waals surface area contributed by atoms with E-state index in [1.165, 1.54) is 19.3 Å². The van der Waals surface area contributed by atoms with Crippen LogP contribution in [0.4, 0.5) is 0 Å². The van der Waals surface area contributed by atoms with Gasteiger partial charge in [-0.1, -0.05) is 6.42 Å². The minimum absolute atomic E-state index is 0.0441. The van der Waals surface area contributed by atoms with Gasteiger partial charge in [0, 0.05) is 12.1 Å². The summed E-state index contributed by atoms with van der Waals surface area (Å²) in [7, 11) is 0. The van der Waals surface area contributed by atoms with Crippen LogP contribution < -0.4 is 0 Å². The van der Waals surface area contributed by atoms with Crippen molar-refractivity contribution in [3.05, 3.63) is 23.3 Å². The first-order valence-corrected chi connectivity index (χ1v) is 5.03. The molecule has 14 heavy (non-hydrogen) atoms. The maximum atomic E-state index is 11.2. The summed E-state index contributed by atoms with van der Waals surface area (Å²) >= 11 is 0. The Hall–Kier alpha value is -1.25. The highest BCUT2D eigenvalue weighted by atomic mass is 16.1. The van der Waals surface area contributed by atoms with Gasteiger partial charge in [0.2, 0.25) is 0 Å². The van der Waals surface area contributed by atoms with Crippen molar-refractivity contribution in [3.63, 3.8) is 0 Å². The molecule has 0 unspecified atom stereocenters. The Kier molecular flexibility index (Phi) is 2.32. The van der Waals surface area contributed by atoms with Gasteiger partial charge in [0.25, 0.3) is 0 Å². The summed E-state index contributed by atoms with van der Waals surface area (Å²) in [5.74, 6) is 1.50. The zero-order chi connectivity index (χ0) is 10.1. The molecule has 1 aromatic heterocycles. The number of hydrogen-bond donors (Lipinski definition) is 0. The summed E-state index contributed by atoms with van der Waals surface area (Å²) in [6, 6.07) is 0. The van der Waals surface area contributed by atoms with E-state index in [0.29, 0.717) is 11.5 Å². The summed E-state index contributed by atoms with van der Waals surface area (Å²) in [5, 5.41) is 0. The van der Waals surface area contributed by atoms with Gasteiger partial charge in [-0.3, -0.25) is 4.79 Å². The molecule has 1 aromatic rings. The van der Waals surface area contributed by atoms with Crippen LogP contribution in [0.1, 0.15) is 54.0 Å². The molecule has 1 saturated carbocycles. The maximum Gasteiger partial charge on any atom is 0.163 e. The minimum Gasteiger partial charge on any atom is -0.294 e. The zero-order valence-corrected chi connectivity index (χ0v) is 8.58. The average Bonchev–Trinajstić information content (AvgIpc) is 2.00. The van der Waals surface area contributed by atoms with E-state index in [4.69, 9.17) is 0 Å². The number of ketones is 1. The second kappa shape index (κ2) is 3.48. The van der Waals surface area contributed by atoms with Crippen molar-refractivity contribution in [2.45, 2.75) is 39.0 Å². The maximum absolute atomic E-state index is 11.2. The van der Waals surface area contributed by atoms with Gasteiger partial charge in [-0.05, 0) is 26.7 Å². The number of nitrogens with zero attached hydrogens (tertiary/aromatic N) is 2. The SMILES string of the molecule is CC(=O)c1cnc(C2CCC2)nc1C. The normalized spacial score (nSPS) is 16.4. The largest absolute Gasteiger partial charge is 0.294 e. The van der Waals surface area contributed by atoms with E-state index in [0.717, 1.165) is 11.5 Å². The fourth-order valence-electron chi connectivity index (χ4n) is 1.69. The summed E-state index contributed by atoms with van der Waals surface area (Å²) in [6.07, 6.45) is 5.33. The zero-order valence-electron chi connectivity index (χ0n) is 8.58. The van der Waals surface area contributed by atoms with Crippen LogP contribution in [0.25, 0.3) is 0 Å². The first-order chi connectivity index (χ1) is 6.68. The molecule has 3 nitrogen and oxygen atoms in total. The van der Waals surface area contributed by atoms with E-state index in [1.54, 1.807) is 13.1 Å². The second-order valence-electron chi connectivity index (χ2n) is 3.91. The molecule has 3 heteroatoms. The lowest BCUT2D eigenvalue weighted by atomic mass is 9.85. The molecule has 1 fully saturated rings. The third kappa shape index (κ3) is 1.54. The van der Waals surface area contributed by atoms with Gasteiger partial charge in [0.05, 0.1) is 11.3 Å². The van der Waals surface area contributed by atoms with E-state index < -0.39 is 0 Å². The van der Waals surface area contributed by atoms with Crippen LogP contribution in [0, 0.1) is 6.92 Å². The van der Waals surface area contributed by atoms with E-state index in [9.17, 15) is 4.79 Å². The molecular weight excluding hydrogens is 176 g/mol. The fraction of sp³-hybridized carbons (Fsp3) is 0.545. The van der Waals surface area contributed by atoms with Gasteiger partial charge < -0.3 is 0 Å². The highest BCUT2D eigenvalue weighted by Gasteiger charge is 2.22. The topological polar surface area (TPSA) is 42.9 Å². The highest BCUT2D eigenvalue weighted by molar-refractivity contribution is 5.94. The van der Waals surface area contributed by atoms with E-state index >= 15 is 0 Å². The van der Waals surface area contributed by atoms with Gasteiger partial charge >= 0.3 is 0 Å². The van der Waals surface area contributed by atoms with Crippen molar-refractivity contribution >= 4 is 5.78 Å². The van der Waals surface area contributed by atoms with Crippen LogP contribution in [-0.2, 0) is 0 Å². The van der Waals surface area contributed by atoms with E-state index in [2.05, 4.69) is 9.97 Å². The molecule has 0 atom stereocenters. The first-order valence-electron chi connectivity index (χ1n) is 5.03. The molecule has 1 aliphatic rings. The molecule has 1 aliphatic carbocycles. The number of carbonyl (C=O) groups is 1. The fourth-order valence-corrected chi connectivity index (χ4v) is 1.69. The molecule has 0 N–H and O–H groups in total. The minimum atomic E-state index is 0.0441. The smallest absolute Gasteiger partial charge is 0.163 e. The summed E-state index contributed by atoms with van der Waals surface area (Å²) in [5.41, 5.74) is 1.46. The lowest BCUT2D eigenvalue weighted by Crippen LogP contribution is -2.14. The van der Waals surface area contributed by atoms with Crippen molar-refractivity contribution in [1.82, 2.24) is 9.97 Å². The van der Waals surface area contributed by atoms with Crippen molar-refractivity contribution in [1.29, 1.82) is 0 Å². The molecule has 0 bridgehead atoms. The Morgan fingerprint density at radius 2 is 2.21 bits per heavy atom. The number of aromatic nitrogens is 2. The number of carbonyl (C=O) groups excluding carboxylic acids is 1. The Bertz CT molecular complexity index is 370. The number of hydrogen-bond acceptors (Lipinski definition) is 3. The van der Waals surface area contributed by atoms with Crippen LogP contribution in [0.5, 0.6) is 0 Å².